The monoisotopic (exact) mass is 395 g/mol. The van der Waals surface area contributed by atoms with Crippen molar-refractivity contribution in [3.63, 3.8) is 0 Å². The van der Waals surface area contributed by atoms with Gasteiger partial charge in [-0.3, -0.25) is 9.69 Å². The van der Waals surface area contributed by atoms with E-state index >= 15 is 0 Å². The Hall–Kier alpha value is -1.44. The van der Waals surface area contributed by atoms with Gasteiger partial charge in [-0.05, 0) is 31.9 Å². The average molecular weight is 396 g/mol. The molecule has 0 saturated carbocycles. The molecule has 0 aliphatic carbocycles. The van der Waals surface area contributed by atoms with Crippen LogP contribution >= 0.6 is 0 Å². The first-order chi connectivity index (χ1) is 12.8. The first kappa shape index (κ1) is 21.9. The largest absolute Gasteiger partial charge is 0.355 e. The number of nitrogens with zero attached hydrogens (tertiary/aromatic N) is 2. The Kier molecular flexibility index (Phi) is 8.26. The third kappa shape index (κ3) is 6.30. The highest BCUT2D eigenvalue weighted by Gasteiger charge is 2.29. The van der Waals surface area contributed by atoms with E-state index in [0.717, 1.165) is 30.5 Å². The molecule has 0 spiro atoms. The van der Waals surface area contributed by atoms with E-state index < -0.39 is 10.0 Å². The summed E-state index contributed by atoms with van der Waals surface area (Å²) in [7, 11) is -3.48. The van der Waals surface area contributed by atoms with Gasteiger partial charge in [-0.25, -0.2) is 8.42 Å². The van der Waals surface area contributed by atoms with Crippen molar-refractivity contribution >= 4 is 15.9 Å². The lowest BCUT2D eigenvalue weighted by Crippen LogP contribution is -2.51. The zero-order valence-corrected chi connectivity index (χ0v) is 17.6. The fourth-order valence-electron chi connectivity index (χ4n) is 3.39. The molecule has 0 unspecified atom stereocenters. The van der Waals surface area contributed by atoms with Gasteiger partial charge in [0, 0.05) is 32.7 Å². The molecule has 1 aliphatic heterocycles. The van der Waals surface area contributed by atoms with Crippen LogP contribution in [0.1, 0.15) is 43.7 Å². The quantitative estimate of drug-likeness (QED) is 0.652. The Bertz CT molecular complexity index is 726. The van der Waals surface area contributed by atoms with Gasteiger partial charge < -0.3 is 5.32 Å². The number of amides is 1. The van der Waals surface area contributed by atoms with Crippen LogP contribution in [0.4, 0.5) is 0 Å². The number of hydrogen-bond donors (Lipinski definition) is 1. The van der Waals surface area contributed by atoms with Crippen molar-refractivity contribution in [3.05, 3.63) is 29.3 Å². The van der Waals surface area contributed by atoms with E-state index in [1.165, 1.54) is 17.1 Å². The molecule has 0 bridgehead atoms. The van der Waals surface area contributed by atoms with Crippen molar-refractivity contribution < 1.29 is 13.2 Å². The number of hydrogen-bond acceptors (Lipinski definition) is 4. The third-order valence-electron chi connectivity index (χ3n) is 5.00. The number of benzene rings is 1. The van der Waals surface area contributed by atoms with E-state index in [1.807, 2.05) is 30.9 Å². The van der Waals surface area contributed by atoms with Crippen LogP contribution in [-0.4, -0.2) is 62.8 Å². The molecule has 2 rings (SSSR count). The van der Waals surface area contributed by atoms with Crippen LogP contribution in [0.3, 0.4) is 0 Å². The lowest BCUT2D eigenvalue weighted by Gasteiger charge is -2.33. The molecule has 1 saturated heterocycles. The third-order valence-corrected chi connectivity index (χ3v) is 7.06. The van der Waals surface area contributed by atoms with Gasteiger partial charge >= 0.3 is 0 Å². The van der Waals surface area contributed by atoms with E-state index in [2.05, 4.69) is 12.2 Å². The van der Waals surface area contributed by atoms with E-state index in [4.69, 9.17) is 0 Å². The number of piperazine rings is 1. The topological polar surface area (TPSA) is 69.7 Å². The minimum absolute atomic E-state index is 0.0252. The molecule has 27 heavy (non-hydrogen) atoms. The number of aryl methyl sites for hydroxylation is 2. The number of carbonyl (C=O) groups excluding carboxylic acids is 1. The van der Waals surface area contributed by atoms with Gasteiger partial charge in [0.25, 0.3) is 0 Å². The molecule has 0 radical (unpaired) electrons. The zero-order valence-electron chi connectivity index (χ0n) is 16.8. The molecule has 1 heterocycles. The van der Waals surface area contributed by atoms with Gasteiger partial charge in [0.15, 0.2) is 0 Å². The highest BCUT2D eigenvalue weighted by Crippen LogP contribution is 2.22. The maximum absolute atomic E-state index is 12.9. The fraction of sp³-hybridized carbons (Fsp3) is 0.650. The van der Waals surface area contributed by atoms with Gasteiger partial charge in [0.1, 0.15) is 0 Å². The molecule has 1 aliphatic rings. The molecule has 0 aromatic heterocycles. The van der Waals surface area contributed by atoms with Crippen LogP contribution in [0, 0.1) is 13.8 Å². The Labute approximate surface area is 164 Å². The molecule has 1 fully saturated rings. The van der Waals surface area contributed by atoms with Crippen LogP contribution < -0.4 is 5.32 Å². The van der Waals surface area contributed by atoms with Gasteiger partial charge in [-0.2, -0.15) is 4.31 Å². The summed E-state index contributed by atoms with van der Waals surface area (Å²) in [4.78, 5) is 14.4. The molecule has 6 nitrogen and oxygen atoms in total. The molecule has 1 aromatic rings. The molecule has 1 N–H and O–H groups in total. The second-order valence-corrected chi connectivity index (χ2v) is 9.27. The molecule has 1 amide bonds. The SMILES string of the molecule is CCCCCCNC(=O)CN1CCN(S(=O)(=O)c2ccc(C)cc2C)CC1. The summed E-state index contributed by atoms with van der Waals surface area (Å²) in [5.74, 6) is 0.0252. The Morgan fingerprint density at radius 2 is 1.78 bits per heavy atom. The molecule has 0 atom stereocenters. The van der Waals surface area contributed by atoms with Gasteiger partial charge in [-0.1, -0.05) is 43.9 Å². The average Bonchev–Trinajstić information content (AvgIpc) is 2.61. The van der Waals surface area contributed by atoms with Crippen LogP contribution in [0.15, 0.2) is 23.1 Å². The summed E-state index contributed by atoms with van der Waals surface area (Å²) in [5.41, 5.74) is 1.83. The number of carbonyl (C=O) groups is 1. The minimum Gasteiger partial charge on any atom is -0.355 e. The molecule has 7 heteroatoms. The normalized spacial score (nSPS) is 16.4. The van der Waals surface area contributed by atoms with Crippen LogP contribution in [0.2, 0.25) is 0 Å². The predicted octanol–water partition coefficient (Wildman–Crippen LogP) is 2.31. The standard InChI is InChI=1S/C20H33N3O3S/c1-4-5-6-7-10-21-20(24)16-22-11-13-23(14-12-22)27(25,26)19-9-8-17(2)15-18(19)3/h8-9,15H,4-7,10-14,16H2,1-3H3,(H,21,24). The number of unbranched alkanes of at least 4 members (excludes halogenated alkanes) is 3. The van der Waals surface area contributed by atoms with E-state index in [0.29, 0.717) is 37.6 Å². The van der Waals surface area contributed by atoms with E-state index in [1.54, 1.807) is 6.07 Å². The summed E-state index contributed by atoms with van der Waals surface area (Å²) in [6.45, 7) is 9.00. The van der Waals surface area contributed by atoms with Crippen molar-refractivity contribution in [3.8, 4) is 0 Å². The summed E-state index contributed by atoms with van der Waals surface area (Å²) < 4.78 is 27.3. The number of rotatable bonds is 9. The number of sulfonamides is 1. The summed E-state index contributed by atoms with van der Waals surface area (Å²) in [5, 5.41) is 2.96. The van der Waals surface area contributed by atoms with Gasteiger partial charge in [0.05, 0.1) is 11.4 Å². The first-order valence-corrected chi connectivity index (χ1v) is 11.3. The highest BCUT2D eigenvalue weighted by atomic mass is 32.2. The van der Waals surface area contributed by atoms with Gasteiger partial charge in [0.2, 0.25) is 15.9 Å². The summed E-state index contributed by atoms with van der Waals surface area (Å²) in [6, 6.07) is 5.42. The molecular weight excluding hydrogens is 362 g/mol. The molecule has 1 aromatic carbocycles. The van der Waals surface area contributed by atoms with Crippen LogP contribution in [-0.2, 0) is 14.8 Å². The smallest absolute Gasteiger partial charge is 0.243 e. The second kappa shape index (κ2) is 10.2. The molecular formula is C20H33N3O3S. The van der Waals surface area contributed by atoms with Crippen molar-refractivity contribution in [1.82, 2.24) is 14.5 Å². The zero-order chi connectivity index (χ0) is 19.9. The Morgan fingerprint density at radius 3 is 2.41 bits per heavy atom. The fourth-order valence-corrected chi connectivity index (χ4v) is 5.02. The van der Waals surface area contributed by atoms with Crippen molar-refractivity contribution in [2.24, 2.45) is 0 Å². The lowest BCUT2D eigenvalue weighted by atomic mass is 10.2. The maximum atomic E-state index is 12.9. The van der Waals surface area contributed by atoms with Crippen molar-refractivity contribution in [2.45, 2.75) is 51.3 Å². The number of nitrogens with one attached hydrogen (secondary N) is 1. The van der Waals surface area contributed by atoms with Crippen molar-refractivity contribution in [2.75, 3.05) is 39.3 Å². The summed E-state index contributed by atoms with van der Waals surface area (Å²) >= 11 is 0. The first-order valence-electron chi connectivity index (χ1n) is 9.91. The Balaban J connectivity index is 1.81. The van der Waals surface area contributed by atoms with Crippen molar-refractivity contribution in [1.29, 1.82) is 0 Å². The Morgan fingerprint density at radius 1 is 1.07 bits per heavy atom. The van der Waals surface area contributed by atoms with Crippen LogP contribution in [0.5, 0.6) is 0 Å². The molecule has 152 valence electrons. The van der Waals surface area contributed by atoms with Crippen LogP contribution in [0.25, 0.3) is 0 Å². The second-order valence-electron chi connectivity index (χ2n) is 7.36. The van der Waals surface area contributed by atoms with E-state index in [-0.39, 0.29) is 5.91 Å². The van der Waals surface area contributed by atoms with Gasteiger partial charge in [-0.15, -0.1) is 0 Å². The maximum Gasteiger partial charge on any atom is 0.243 e. The highest BCUT2D eigenvalue weighted by molar-refractivity contribution is 7.89. The summed E-state index contributed by atoms with van der Waals surface area (Å²) in [6.07, 6.45) is 4.54. The predicted molar refractivity (Wildman–Crippen MR) is 108 cm³/mol. The van der Waals surface area contributed by atoms with E-state index in [9.17, 15) is 13.2 Å². The lowest BCUT2D eigenvalue weighted by molar-refractivity contribution is -0.122. The minimum atomic E-state index is -3.48.